The number of anilines is 2. The fourth-order valence-corrected chi connectivity index (χ4v) is 7.13. The summed E-state index contributed by atoms with van der Waals surface area (Å²) in [7, 11) is 0. The third-order valence-electron chi connectivity index (χ3n) is 7.48. The molecule has 0 aromatic carbocycles. The monoisotopic (exact) mass is 497 g/mol. The summed E-state index contributed by atoms with van der Waals surface area (Å²) in [4.78, 5) is 25.6. The quantitative estimate of drug-likeness (QED) is 0.454. The first-order valence-electron chi connectivity index (χ1n) is 12.5. The molecular weight excluding hydrogens is 466 g/mol. The van der Waals surface area contributed by atoms with Crippen LogP contribution in [0.25, 0.3) is 10.2 Å². The fraction of sp³-hybridized carbons (Fsp3) is 0.583. The summed E-state index contributed by atoms with van der Waals surface area (Å²) < 4.78 is 12.2. The van der Waals surface area contributed by atoms with Gasteiger partial charge in [-0.1, -0.05) is 0 Å². The molecule has 186 valence electrons. The molecule has 0 radical (unpaired) electrons. The van der Waals surface area contributed by atoms with Crippen LogP contribution in [0.2, 0.25) is 0 Å². The Labute approximate surface area is 207 Å². The number of hydrogen-bond acceptors (Lipinski definition) is 9. The van der Waals surface area contributed by atoms with Crippen molar-refractivity contribution < 1.29 is 14.3 Å². The van der Waals surface area contributed by atoms with Crippen LogP contribution in [-0.4, -0.2) is 69.4 Å². The second-order valence-corrected chi connectivity index (χ2v) is 10.8. The smallest absolute Gasteiger partial charge is 0.224 e. The second-order valence-electron chi connectivity index (χ2n) is 9.69. The van der Waals surface area contributed by atoms with E-state index in [-0.39, 0.29) is 17.9 Å². The normalized spacial score (nSPS) is 25.0. The molecule has 11 heteroatoms. The molecule has 1 aliphatic heterocycles. The van der Waals surface area contributed by atoms with E-state index in [4.69, 9.17) is 20.2 Å². The van der Waals surface area contributed by atoms with Crippen LogP contribution in [0.3, 0.4) is 0 Å². The van der Waals surface area contributed by atoms with Gasteiger partial charge in [0, 0.05) is 36.5 Å². The van der Waals surface area contributed by atoms with E-state index < -0.39 is 0 Å². The molecule has 3 aromatic rings. The van der Waals surface area contributed by atoms with Crippen LogP contribution in [0.5, 0.6) is 5.75 Å². The number of nitrogens with zero attached hydrogens (tertiary/aromatic N) is 4. The average Bonchev–Trinajstić information content (AvgIpc) is 3.58. The van der Waals surface area contributed by atoms with E-state index >= 15 is 0 Å². The number of amides is 1. The molecule has 0 unspecified atom stereocenters. The number of pyridine rings is 1. The minimum atomic E-state index is -0.261. The van der Waals surface area contributed by atoms with Crippen LogP contribution in [-0.2, 0) is 16.0 Å². The number of carbonyl (C=O) groups excluding carboxylic acids is 1. The number of nitrogens with two attached hydrogens (primary N) is 1. The highest BCUT2D eigenvalue weighted by atomic mass is 32.1. The molecule has 0 spiro atoms. The third-order valence-corrected chi connectivity index (χ3v) is 8.64. The first kappa shape index (κ1) is 22.7. The van der Waals surface area contributed by atoms with E-state index in [1.165, 1.54) is 16.8 Å². The number of primary amides is 1. The summed E-state index contributed by atoms with van der Waals surface area (Å²) in [5.74, 6) is 1.90. The predicted molar refractivity (Wildman–Crippen MR) is 133 cm³/mol. The lowest BCUT2D eigenvalue weighted by Gasteiger charge is -2.38. The van der Waals surface area contributed by atoms with Crippen LogP contribution < -0.4 is 15.8 Å². The molecule has 1 saturated carbocycles. The van der Waals surface area contributed by atoms with E-state index in [0.717, 1.165) is 80.8 Å². The molecule has 2 fully saturated rings. The summed E-state index contributed by atoms with van der Waals surface area (Å²) in [6.45, 7) is 3.73. The van der Waals surface area contributed by atoms with E-state index in [2.05, 4.69) is 25.4 Å². The van der Waals surface area contributed by atoms with Gasteiger partial charge in [0.15, 0.2) is 0 Å². The first-order valence-corrected chi connectivity index (χ1v) is 13.3. The van der Waals surface area contributed by atoms with Gasteiger partial charge in [-0.2, -0.15) is 10.1 Å². The lowest BCUT2D eigenvalue weighted by molar-refractivity contribution is -0.118. The second kappa shape index (κ2) is 9.71. The number of hydrogen-bond donors (Lipinski definition) is 3. The largest absolute Gasteiger partial charge is 0.490 e. The van der Waals surface area contributed by atoms with E-state index in [1.807, 2.05) is 6.07 Å². The van der Waals surface area contributed by atoms with Gasteiger partial charge in [0.05, 0.1) is 24.7 Å². The fourth-order valence-electron chi connectivity index (χ4n) is 5.84. The van der Waals surface area contributed by atoms with Crippen molar-refractivity contribution in [2.24, 2.45) is 5.73 Å². The van der Waals surface area contributed by atoms with Crippen LogP contribution in [0.1, 0.15) is 54.9 Å². The highest BCUT2D eigenvalue weighted by Crippen LogP contribution is 2.49. The summed E-state index contributed by atoms with van der Waals surface area (Å²) in [6.07, 6.45) is 8.18. The Morgan fingerprint density at radius 3 is 2.83 bits per heavy atom. The van der Waals surface area contributed by atoms with Gasteiger partial charge in [-0.05, 0) is 50.0 Å². The molecule has 0 bridgehead atoms. The summed E-state index contributed by atoms with van der Waals surface area (Å²) in [5, 5.41) is 11.0. The van der Waals surface area contributed by atoms with Gasteiger partial charge in [-0.25, -0.2) is 10.1 Å². The van der Waals surface area contributed by atoms with Crippen LogP contribution in [0.15, 0.2) is 12.4 Å². The molecular formula is C24H31N7O3S. The summed E-state index contributed by atoms with van der Waals surface area (Å²) in [5.41, 5.74) is 6.79. The number of ether oxygens (including phenoxy) is 2. The van der Waals surface area contributed by atoms with Gasteiger partial charge < -0.3 is 20.5 Å². The predicted octanol–water partition coefficient (Wildman–Crippen LogP) is 3.09. The van der Waals surface area contributed by atoms with Gasteiger partial charge in [0.2, 0.25) is 11.9 Å². The molecule has 4 heterocycles. The minimum absolute atomic E-state index is 0.130. The molecule has 1 saturated heterocycles. The summed E-state index contributed by atoms with van der Waals surface area (Å²) >= 11 is 1.69. The van der Waals surface area contributed by atoms with Crippen molar-refractivity contribution in [3.8, 4) is 5.75 Å². The van der Waals surface area contributed by atoms with Crippen molar-refractivity contribution in [2.75, 3.05) is 31.6 Å². The van der Waals surface area contributed by atoms with Crippen molar-refractivity contribution in [3.63, 3.8) is 0 Å². The lowest BCUT2D eigenvalue weighted by atomic mass is 9.91. The molecule has 1 atom stereocenters. The molecule has 3 aromatic heterocycles. The number of H-pyrrole nitrogens is 1. The minimum Gasteiger partial charge on any atom is -0.490 e. The van der Waals surface area contributed by atoms with E-state index in [9.17, 15) is 4.79 Å². The van der Waals surface area contributed by atoms with Crippen molar-refractivity contribution in [1.29, 1.82) is 0 Å². The molecule has 10 nitrogen and oxygen atoms in total. The molecule has 35 heavy (non-hydrogen) atoms. The maximum absolute atomic E-state index is 11.8. The number of nitrogens with one attached hydrogen (secondary N) is 2. The van der Waals surface area contributed by atoms with Gasteiger partial charge in [0.1, 0.15) is 22.7 Å². The van der Waals surface area contributed by atoms with Crippen molar-refractivity contribution >= 4 is 39.2 Å². The molecule has 3 aliphatic rings. The molecule has 6 rings (SSSR count). The Morgan fingerprint density at radius 2 is 2.09 bits per heavy atom. The highest BCUT2D eigenvalue weighted by molar-refractivity contribution is 7.19. The first-order chi connectivity index (χ1) is 17.1. The Hall–Kier alpha value is -2.76. The molecule has 2 aliphatic carbocycles. The molecule has 4 N–H and O–H groups in total. The van der Waals surface area contributed by atoms with Gasteiger partial charge in [0.25, 0.3) is 0 Å². The number of morpholine rings is 1. The van der Waals surface area contributed by atoms with Gasteiger partial charge >= 0.3 is 0 Å². The number of thiophene rings is 1. The third kappa shape index (κ3) is 4.72. The highest BCUT2D eigenvalue weighted by Gasteiger charge is 2.33. The lowest BCUT2D eigenvalue weighted by Crippen LogP contribution is -2.46. The Kier molecular flexibility index (Phi) is 6.29. The number of carbonyl (C=O) groups is 1. The van der Waals surface area contributed by atoms with Crippen molar-refractivity contribution in [3.05, 3.63) is 22.8 Å². The average molecular weight is 498 g/mol. The number of fused-ring (bicyclic) bond motifs is 3. The van der Waals surface area contributed by atoms with Crippen LogP contribution in [0, 0.1) is 0 Å². The van der Waals surface area contributed by atoms with Crippen LogP contribution in [0.4, 0.5) is 11.8 Å². The van der Waals surface area contributed by atoms with Crippen molar-refractivity contribution in [2.45, 2.75) is 63.0 Å². The van der Waals surface area contributed by atoms with Gasteiger partial charge in [-0.15, -0.1) is 11.3 Å². The summed E-state index contributed by atoms with van der Waals surface area (Å²) in [6, 6.07) is 2.58. The van der Waals surface area contributed by atoms with E-state index in [0.29, 0.717) is 24.2 Å². The zero-order valence-corrected chi connectivity index (χ0v) is 20.5. The number of rotatable bonds is 7. The zero-order valence-electron chi connectivity index (χ0n) is 19.7. The van der Waals surface area contributed by atoms with Crippen LogP contribution >= 0.6 is 11.3 Å². The van der Waals surface area contributed by atoms with Crippen molar-refractivity contribution in [1.82, 2.24) is 25.1 Å². The number of aromatic amines is 1. The number of aromatic nitrogens is 4. The maximum atomic E-state index is 11.8. The van der Waals surface area contributed by atoms with E-state index in [1.54, 1.807) is 11.3 Å². The van der Waals surface area contributed by atoms with Gasteiger partial charge in [-0.3, -0.25) is 9.69 Å². The number of aryl methyl sites for hydroxylation is 1. The molecule has 1 amide bonds. The maximum Gasteiger partial charge on any atom is 0.224 e. The topological polar surface area (TPSA) is 131 Å². The standard InChI is InChI=1S/C24H31N7O3S/c25-19(32)11-14-1-6-18-21(14)22-17(12-20(28-23(22)35-18)29-24-26-13-27-30-24)34-16-4-2-15(3-5-16)31-7-9-33-10-8-31/h12-16H,1-11H2,(H2,25,32)(H2,26,27,28,29,30)/t14-,15?,16?/m1/s1. The zero-order chi connectivity index (χ0) is 23.8. The SMILES string of the molecule is NC(=O)C[C@H]1CCc2sc3nc(Nc4ncn[nH]4)cc(OC4CCC(N5CCOCC5)CC4)c3c21. The Bertz CT molecular complexity index is 1180. The Morgan fingerprint density at radius 1 is 1.26 bits per heavy atom. The Balaban J connectivity index is 1.28.